The van der Waals surface area contributed by atoms with Crippen LogP contribution in [0.1, 0.15) is 38.3 Å². The van der Waals surface area contributed by atoms with Crippen molar-refractivity contribution >= 4 is 5.91 Å². The lowest BCUT2D eigenvalue weighted by Crippen LogP contribution is -2.40. The van der Waals surface area contributed by atoms with E-state index in [0.717, 1.165) is 18.6 Å². The zero-order chi connectivity index (χ0) is 14.7. The highest BCUT2D eigenvalue weighted by molar-refractivity contribution is 5.87. The Morgan fingerprint density at radius 1 is 1.11 bits per heavy atom. The number of alkyl halides is 3. The van der Waals surface area contributed by atoms with Gasteiger partial charge in [0.05, 0.1) is 11.0 Å². The summed E-state index contributed by atoms with van der Waals surface area (Å²) in [5.74, 6) is -0.186. The van der Waals surface area contributed by atoms with Gasteiger partial charge in [-0.2, -0.15) is 13.2 Å². The van der Waals surface area contributed by atoms with Gasteiger partial charge in [0.1, 0.15) is 0 Å². The first-order valence-electron chi connectivity index (χ1n) is 6.15. The second-order valence-electron chi connectivity index (χ2n) is 4.96. The summed E-state index contributed by atoms with van der Waals surface area (Å²) in [6.07, 6.45) is -3.54. The number of carbonyl (C=O) groups excluding carboxylic acids is 1. The van der Waals surface area contributed by atoms with E-state index in [2.05, 4.69) is 5.32 Å². The topological polar surface area (TPSA) is 29.1 Å². The van der Waals surface area contributed by atoms with Crippen LogP contribution in [-0.4, -0.2) is 12.5 Å². The van der Waals surface area contributed by atoms with Crippen molar-refractivity contribution in [3.8, 4) is 0 Å². The predicted molar refractivity (Wildman–Crippen MR) is 67.8 cm³/mol. The molecule has 0 aromatic heterocycles. The Balaban J connectivity index is 2.93. The quantitative estimate of drug-likeness (QED) is 0.893. The molecule has 0 atom stereocenters. The van der Waals surface area contributed by atoms with Gasteiger partial charge in [-0.3, -0.25) is 4.79 Å². The molecule has 0 fully saturated rings. The van der Waals surface area contributed by atoms with Gasteiger partial charge in [-0.1, -0.05) is 19.1 Å². The fourth-order valence-electron chi connectivity index (χ4n) is 1.67. The fraction of sp³-hybridized carbons (Fsp3) is 0.500. The molecule has 0 spiro atoms. The average molecular weight is 273 g/mol. The smallest absolute Gasteiger partial charge is 0.355 e. The SMILES string of the molecule is CCCNC(=O)C(C)(C)c1ccc(C(F)(F)F)cc1. The monoisotopic (exact) mass is 273 g/mol. The van der Waals surface area contributed by atoms with Crippen LogP contribution >= 0.6 is 0 Å². The molecule has 0 saturated carbocycles. The highest BCUT2D eigenvalue weighted by atomic mass is 19.4. The van der Waals surface area contributed by atoms with Crippen molar-refractivity contribution in [1.29, 1.82) is 0 Å². The molecule has 0 saturated heterocycles. The van der Waals surface area contributed by atoms with E-state index in [1.54, 1.807) is 13.8 Å². The van der Waals surface area contributed by atoms with Crippen molar-refractivity contribution < 1.29 is 18.0 Å². The van der Waals surface area contributed by atoms with Crippen LogP contribution in [0.2, 0.25) is 0 Å². The third-order valence-electron chi connectivity index (χ3n) is 3.04. The standard InChI is InChI=1S/C14H18F3NO/c1-4-9-18-12(19)13(2,3)10-5-7-11(8-6-10)14(15,16)17/h5-8H,4,9H2,1-3H3,(H,18,19). The van der Waals surface area contributed by atoms with Crippen LogP contribution < -0.4 is 5.32 Å². The number of amides is 1. The summed E-state index contributed by atoms with van der Waals surface area (Å²) in [4.78, 5) is 12.0. The van der Waals surface area contributed by atoms with Crippen LogP contribution in [0.15, 0.2) is 24.3 Å². The molecule has 2 nitrogen and oxygen atoms in total. The van der Waals surface area contributed by atoms with E-state index in [4.69, 9.17) is 0 Å². The third kappa shape index (κ3) is 3.72. The van der Waals surface area contributed by atoms with Gasteiger partial charge >= 0.3 is 6.18 Å². The maximum absolute atomic E-state index is 12.5. The van der Waals surface area contributed by atoms with E-state index in [9.17, 15) is 18.0 Å². The molecule has 0 radical (unpaired) electrons. The van der Waals surface area contributed by atoms with Gasteiger partial charge in [-0.15, -0.1) is 0 Å². The Kier molecular flexibility index (Phi) is 4.61. The molecule has 1 aromatic carbocycles. The van der Waals surface area contributed by atoms with Crippen molar-refractivity contribution in [2.75, 3.05) is 6.54 Å². The molecule has 0 unspecified atom stereocenters. The van der Waals surface area contributed by atoms with Gasteiger partial charge in [0.25, 0.3) is 0 Å². The summed E-state index contributed by atoms with van der Waals surface area (Å²) in [7, 11) is 0. The van der Waals surface area contributed by atoms with Gasteiger partial charge in [0.15, 0.2) is 0 Å². The van der Waals surface area contributed by atoms with Crippen LogP contribution in [0.5, 0.6) is 0 Å². The van der Waals surface area contributed by atoms with Crippen molar-refractivity contribution in [2.24, 2.45) is 0 Å². The Morgan fingerprint density at radius 3 is 2.00 bits per heavy atom. The lowest BCUT2D eigenvalue weighted by Gasteiger charge is -2.24. The summed E-state index contributed by atoms with van der Waals surface area (Å²) in [6.45, 7) is 5.88. The molecule has 1 N–H and O–H groups in total. The largest absolute Gasteiger partial charge is 0.416 e. The molecule has 1 aromatic rings. The minimum absolute atomic E-state index is 0.186. The Labute approximate surface area is 111 Å². The number of hydrogen-bond donors (Lipinski definition) is 1. The number of benzene rings is 1. The minimum atomic E-state index is -4.35. The summed E-state index contributed by atoms with van der Waals surface area (Å²) in [6, 6.07) is 4.72. The normalized spacial score (nSPS) is 12.3. The maximum atomic E-state index is 12.5. The Bertz CT molecular complexity index is 435. The van der Waals surface area contributed by atoms with E-state index in [0.29, 0.717) is 12.1 Å². The molecule has 19 heavy (non-hydrogen) atoms. The predicted octanol–water partition coefficient (Wildman–Crippen LogP) is 3.51. The lowest BCUT2D eigenvalue weighted by atomic mass is 9.83. The van der Waals surface area contributed by atoms with Crippen LogP contribution in [0.3, 0.4) is 0 Å². The van der Waals surface area contributed by atoms with Crippen LogP contribution in [-0.2, 0) is 16.4 Å². The molecular weight excluding hydrogens is 255 g/mol. The third-order valence-corrected chi connectivity index (χ3v) is 3.04. The van der Waals surface area contributed by atoms with E-state index < -0.39 is 17.2 Å². The first-order valence-corrected chi connectivity index (χ1v) is 6.15. The minimum Gasteiger partial charge on any atom is -0.355 e. The highest BCUT2D eigenvalue weighted by Gasteiger charge is 2.33. The van der Waals surface area contributed by atoms with Crippen molar-refractivity contribution in [1.82, 2.24) is 5.32 Å². The second-order valence-corrected chi connectivity index (χ2v) is 4.96. The summed E-state index contributed by atoms with van der Waals surface area (Å²) in [5, 5.41) is 2.75. The van der Waals surface area contributed by atoms with E-state index >= 15 is 0 Å². The maximum Gasteiger partial charge on any atom is 0.416 e. The lowest BCUT2D eigenvalue weighted by molar-refractivity contribution is -0.137. The molecule has 5 heteroatoms. The van der Waals surface area contributed by atoms with E-state index in [1.165, 1.54) is 12.1 Å². The first-order chi connectivity index (χ1) is 8.69. The molecule has 0 aliphatic rings. The Morgan fingerprint density at radius 2 is 1.58 bits per heavy atom. The summed E-state index contributed by atoms with van der Waals surface area (Å²) < 4.78 is 37.4. The number of carbonyl (C=O) groups is 1. The summed E-state index contributed by atoms with van der Waals surface area (Å²) >= 11 is 0. The van der Waals surface area contributed by atoms with Crippen molar-refractivity contribution in [3.05, 3.63) is 35.4 Å². The summed E-state index contributed by atoms with van der Waals surface area (Å²) in [5.41, 5.74) is -0.991. The van der Waals surface area contributed by atoms with Crippen molar-refractivity contribution in [3.63, 3.8) is 0 Å². The van der Waals surface area contributed by atoms with Crippen LogP contribution in [0.25, 0.3) is 0 Å². The van der Waals surface area contributed by atoms with E-state index in [1.807, 2.05) is 6.92 Å². The first kappa shape index (κ1) is 15.5. The molecular formula is C14H18F3NO. The molecule has 106 valence electrons. The zero-order valence-corrected chi connectivity index (χ0v) is 11.3. The van der Waals surface area contributed by atoms with Crippen LogP contribution in [0.4, 0.5) is 13.2 Å². The van der Waals surface area contributed by atoms with Gasteiger partial charge in [-0.25, -0.2) is 0 Å². The Hall–Kier alpha value is -1.52. The van der Waals surface area contributed by atoms with E-state index in [-0.39, 0.29) is 5.91 Å². The van der Waals surface area contributed by atoms with Crippen molar-refractivity contribution in [2.45, 2.75) is 38.8 Å². The molecule has 0 aliphatic heterocycles. The van der Waals surface area contributed by atoms with Gasteiger partial charge in [-0.05, 0) is 38.0 Å². The molecule has 0 bridgehead atoms. The molecule has 1 amide bonds. The number of nitrogens with one attached hydrogen (secondary N) is 1. The van der Waals surface area contributed by atoms with Crippen LogP contribution in [0, 0.1) is 0 Å². The second kappa shape index (κ2) is 5.63. The van der Waals surface area contributed by atoms with Gasteiger partial charge in [0, 0.05) is 6.54 Å². The molecule has 1 rings (SSSR count). The zero-order valence-electron chi connectivity index (χ0n) is 11.3. The number of hydrogen-bond acceptors (Lipinski definition) is 1. The number of rotatable bonds is 4. The average Bonchev–Trinajstić information content (AvgIpc) is 2.35. The fourth-order valence-corrected chi connectivity index (χ4v) is 1.67. The highest BCUT2D eigenvalue weighted by Crippen LogP contribution is 2.31. The van der Waals surface area contributed by atoms with Gasteiger partial charge in [0.2, 0.25) is 5.91 Å². The number of halogens is 3. The molecule has 0 aliphatic carbocycles. The van der Waals surface area contributed by atoms with Gasteiger partial charge < -0.3 is 5.32 Å². The molecule has 0 heterocycles.